The molecule has 0 radical (unpaired) electrons. The molecule has 0 heterocycles. The number of ketones is 2. The third-order valence-electron chi connectivity index (χ3n) is 5.30. The lowest BCUT2D eigenvalue weighted by Crippen LogP contribution is -2.16. The molecule has 0 amide bonds. The van der Waals surface area contributed by atoms with E-state index in [9.17, 15) is 62.3 Å². The predicted molar refractivity (Wildman–Crippen MR) is 111 cm³/mol. The third-order valence-corrected chi connectivity index (χ3v) is 5.30. The van der Waals surface area contributed by atoms with Gasteiger partial charge < -0.3 is 5.73 Å². The van der Waals surface area contributed by atoms with Crippen LogP contribution in [0.15, 0.2) is 54.6 Å². The highest BCUT2D eigenvalue weighted by Crippen LogP contribution is 2.39. The van der Waals surface area contributed by atoms with Crippen molar-refractivity contribution < 1.29 is 62.3 Å². The Hall–Kier alpha value is -4.04. The van der Waals surface area contributed by atoms with E-state index < -0.39 is 86.5 Å². The van der Waals surface area contributed by atoms with Crippen LogP contribution in [0.1, 0.15) is 54.1 Å². The van der Waals surface area contributed by atoms with Gasteiger partial charge in [0.2, 0.25) is 0 Å². The zero-order valence-corrected chi connectivity index (χ0v) is 18.6. The monoisotopic (exact) mass is 573 g/mol. The van der Waals surface area contributed by atoms with Crippen molar-refractivity contribution in [2.45, 2.75) is 24.7 Å². The van der Waals surface area contributed by atoms with Crippen LogP contribution in [0.2, 0.25) is 0 Å². The summed E-state index contributed by atoms with van der Waals surface area (Å²) in [6, 6.07) is 2.35. The van der Waals surface area contributed by atoms with Crippen LogP contribution in [0.4, 0.5) is 58.4 Å². The van der Waals surface area contributed by atoms with Gasteiger partial charge in [0.05, 0.1) is 27.9 Å². The highest BCUT2D eigenvalue weighted by molar-refractivity contribution is 6.18. The van der Waals surface area contributed by atoms with Gasteiger partial charge in [0.1, 0.15) is 0 Å². The van der Waals surface area contributed by atoms with Crippen LogP contribution >= 0.6 is 0 Å². The number of para-hydroxylation sites is 1. The van der Waals surface area contributed by atoms with E-state index >= 15 is 0 Å². The molecule has 0 unspecified atom stereocenters. The van der Waals surface area contributed by atoms with E-state index in [1.807, 2.05) is 0 Å². The van der Waals surface area contributed by atoms with Crippen molar-refractivity contribution in [3.05, 3.63) is 99.1 Å². The highest BCUT2D eigenvalue weighted by Gasteiger charge is 2.39. The number of anilines is 1. The molecule has 0 aliphatic rings. The quantitative estimate of drug-likeness (QED) is 0.197. The molecule has 0 aromatic heterocycles. The normalized spacial score (nSPS) is 12.9. The Kier molecular flexibility index (Phi) is 7.27. The molecule has 0 saturated carbocycles. The molecule has 0 spiro atoms. The molecule has 3 rings (SSSR count). The maximum Gasteiger partial charge on any atom is 0.416 e. The van der Waals surface area contributed by atoms with Gasteiger partial charge in [-0.3, -0.25) is 9.59 Å². The van der Waals surface area contributed by atoms with Crippen LogP contribution in [-0.4, -0.2) is 11.6 Å². The van der Waals surface area contributed by atoms with Crippen molar-refractivity contribution >= 4 is 17.3 Å². The molecule has 0 saturated heterocycles. The summed E-state index contributed by atoms with van der Waals surface area (Å²) < 4.78 is 158. The Labute approximate surface area is 209 Å². The molecule has 0 aliphatic carbocycles. The summed E-state index contributed by atoms with van der Waals surface area (Å²) in [7, 11) is 0. The van der Waals surface area contributed by atoms with Gasteiger partial charge >= 0.3 is 24.7 Å². The molecule has 39 heavy (non-hydrogen) atoms. The molecule has 3 aromatic rings. The van der Waals surface area contributed by atoms with Crippen LogP contribution in [0, 0.1) is 0 Å². The van der Waals surface area contributed by atoms with Gasteiger partial charge in [-0.05, 0) is 48.5 Å². The molecule has 3 nitrogen and oxygen atoms in total. The Morgan fingerprint density at radius 3 is 0.974 bits per heavy atom. The molecular weight excluding hydrogens is 562 g/mol. The minimum atomic E-state index is -5.31. The van der Waals surface area contributed by atoms with Crippen LogP contribution in [0.25, 0.3) is 0 Å². The summed E-state index contributed by atoms with van der Waals surface area (Å²) in [5.41, 5.74) is -6.46. The first-order valence-electron chi connectivity index (χ1n) is 10.2. The molecule has 0 fully saturated rings. The number of nitrogens with two attached hydrogens (primary N) is 1. The Morgan fingerprint density at radius 2 is 0.744 bits per heavy atom. The van der Waals surface area contributed by atoms with Crippen LogP contribution in [0.3, 0.4) is 0 Å². The second-order valence-corrected chi connectivity index (χ2v) is 8.01. The van der Waals surface area contributed by atoms with Crippen molar-refractivity contribution in [3.8, 4) is 0 Å². The van der Waals surface area contributed by atoms with Gasteiger partial charge in [-0.1, -0.05) is 6.07 Å². The van der Waals surface area contributed by atoms with Gasteiger partial charge in [0, 0.05) is 22.3 Å². The highest BCUT2D eigenvalue weighted by atomic mass is 19.4. The SMILES string of the molecule is Nc1c(C(=O)c2cc(C(F)(F)F)cc(C(F)(F)F)c2)cccc1C(=O)c1cc(C(F)(F)F)cc(C(F)(F)F)c1. The number of benzene rings is 3. The van der Waals surface area contributed by atoms with E-state index in [1.54, 1.807) is 0 Å². The zero-order valence-electron chi connectivity index (χ0n) is 18.6. The van der Waals surface area contributed by atoms with E-state index in [0.29, 0.717) is 0 Å². The number of alkyl halides is 12. The fourth-order valence-electron chi connectivity index (χ4n) is 3.44. The van der Waals surface area contributed by atoms with Crippen LogP contribution in [-0.2, 0) is 24.7 Å². The van der Waals surface area contributed by atoms with Gasteiger partial charge in [0.15, 0.2) is 11.6 Å². The molecule has 208 valence electrons. The number of hydrogen-bond donors (Lipinski definition) is 1. The average Bonchev–Trinajstić information content (AvgIpc) is 2.80. The Bertz CT molecular complexity index is 1280. The second kappa shape index (κ2) is 9.61. The minimum absolute atomic E-state index is 0.0912. The van der Waals surface area contributed by atoms with Crippen molar-refractivity contribution in [2.24, 2.45) is 0 Å². The number of halogens is 12. The molecule has 3 aromatic carbocycles. The van der Waals surface area contributed by atoms with Crippen molar-refractivity contribution in [3.63, 3.8) is 0 Å². The first-order chi connectivity index (χ1) is 17.6. The van der Waals surface area contributed by atoms with Crippen molar-refractivity contribution in [2.75, 3.05) is 5.73 Å². The van der Waals surface area contributed by atoms with E-state index in [2.05, 4.69) is 0 Å². The topological polar surface area (TPSA) is 60.2 Å². The first kappa shape index (κ1) is 29.5. The van der Waals surface area contributed by atoms with Gasteiger partial charge in [-0.15, -0.1) is 0 Å². The molecule has 0 aliphatic heterocycles. The van der Waals surface area contributed by atoms with Gasteiger partial charge in [0.25, 0.3) is 0 Å². The van der Waals surface area contributed by atoms with E-state index in [0.717, 1.165) is 18.2 Å². The number of hydrogen-bond acceptors (Lipinski definition) is 3. The summed E-state index contributed by atoms with van der Waals surface area (Å²) >= 11 is 0. The van der Waals surface area contributed by atoms with Crippen molar-refractivity contribution in [1.29, 1.82) is 0 Å². The minimum Gasteiger partial charge on any atom is -0.398 e. The number of carbonyl (C=O) groups excluding carboxylic acids is 2. The summed E-state index contributed by atoms with van der Waals surface area (Å²) in [4.78, 5) is 25.8. The molecule has 15 heteroatoms. The second-order valence-electron chi connectivity index (χ2n) is 8.01. The molecule has 0 bridgehead atoms. The summed E-state index contributed by atoms with van der Waals surface area (Å²) in [5.74, 6) is -3.06. The Balaban J connectivity index is 2.16. The standard InChI is InChI=1S/C24H11F12NO2/c25-21(26,27)12-4-10(5-13(8-12)22(28,29)30)19(38)16-2-1-3-17(18(16)37)20(39)11-6-14(23(31,32)33)9-15(7-11)24(34,35)36/h1-9H,37H2. The van der Waals surface area contributed by atoms with Crippen LogP contribution in [0.5, 0.6) is 0 Å². The number of rotatable bonds is 4. The summed E-state index contributed by atoms with van der Waals surface area (Å²) in [5, 5.41) is 0. The van der Waals surface area contributed by atoms with Gasteiger partial charge in [-0.25, -0.2) is 0 Å². The van der Waals surface area contributed by atoms with Crippen molar-refractivity contribution in [1.82, 2.24) is 0 Å². The molecule has 0 atom stereocenters. The smallest absolute Gasteiger partial charge is 0.398 e. The maximum atomic E-state index is 13.2. The predicted octanol–water partition coefficient (Wildman–Crippen LogP) is 7.81. The number of nitrogen functional groups attached to an aromatic ring is 1. The van der Waals surface area contributed by atoms with E-state index in [1.165, 1.54) is 0 Å². The lowest BCUT2D eigenvalue weighted by atomic mass is 9.92. The summed E-state index contributed by atoms with van der Waals surface area (Å²) in [6.07, 6.45) is -21.2. The lowest BCUT2D eigenvalue weighted by Gasteiger charge is -2.16. The number of carbonyl (C=O) groups is 2. The van der Waals surface area contributed by atoms with Crippen LogP contribution < -0.4 is 5.73 Å². The fraction of sp³-hybridized carbons (Fsp3) is 0.167. The van der Waals surface area contributed by atoms with E-state index in [-0.39, 0.29) is 36.4 Å². The third kappa shape index (κ3) is 6.34. The summed E-state index contributed by atoms with van der Waals surface area (Å²) in [6.45, 7) is 0. The largest absolute Gasteiger partial charge is 0.416 e. The average molecular weight is 573 g/mol. The lowest BCUT2D eigenvalue weighted by molar-refractivity contribution is -0.144. The first-order valence-corrected chi connectivity index (χ1v) is 10.2. The van der Waals surface area contributed by atoms with E-state index in [4.69, 9.17) is 5.73 Å². The Morgan fingerprint density at radius 1 is 0.487 bits per heavy atom. The molecule has 2 N–H and O–H groups in total. The zero-order chi connectivity index (χ0) is 29.7. The fourth-order valence-corrected chi connectivity index (χ4v) is 3.44. The van der Waals surface area contributed by atoms with Gasteiger partial charge in [-0.2, -0.15) is 52.7 Å². The molecular formula is C24H11F12NO2. The maximum absolute atomic E-state index is 13.2.